The average molecular weight is 382 g/mol. The summed E-state index contributed by atoms with van der Waals surface area (Å²) in [6.07, 6.45) is 0.686. The molecule has 6 nitrogen and oxygen atoms in total. The fourth-order valence-corrected chi connectivity index (χ4v) is 1.30. The van der Waals surface area contributed by atoms with Gasteiger partial charge in [0.25, 0.3) is 0 Å². The fraction of sp³-hybridized carbons (Fsp3) is 0.571. The summed E-state index contributed by atoms with van der Waals surface area (Å²) >= 11 is -0.929. The summed E-state index contributed by atoms with van der Waals surface area (Å²) in [7, 11) is 0. The zero-order valence-electron chi connectivity index (χ0n) is 13.6. The number of carboxylic acids is 2. The Labute approximate surface area is 139 Å². The average Bonchev–Trinajstić information content (AvgIpc) is 2.29. The van der Waals surface area contributed by atoms with Gasteiger partial charge >= 0.3 is 81.6 Å². The van der Waals surface area contributed by atoms with Crippen molar-refractivity contribution >= 4 is 11.9 Å². The van der Waals surface area contributed by atoms with Gasteiger partial charge in [-0.3, -0.25) is 0 Å². The van der Waals surface area contributed by atoms with Crippen LogP contribution in [-0.4, -0.2) is 34.4 Å². The number of rotatable bonds is 6. The predicted octanol–water partition coefficient (Wildman–Crippen LogP) is 3.04. The molecule has 0 aliphatic rings. The second-order valence-corrected chi connectivity index (χ2v) is 6.16. The number of hydrogen-bond acceptors (Lipinski definition) is 4. The van der Waals surface area contributed by atoms with Crippen LogP contribution in [0.3, 0.4) is 0 Å². The van der Waals surface area contributed by atoms with Crippen LogP contribution in [0, 0.1) is 0 Å². The second kappa shape index (κ2) is 15.6. The van der Waals surface area contributed by atoms with Crippen LogP contribution in [0.25, 0.3) is 0 Å². The maximum absolute atomic E-state index is 9.60. The Bertz CT molecular complexity index is 280. The van der Waals surface area contributed by atoms with Gasteiger partial charge in [-0.05, 0) is 13.8 Å². The first-order valence-corrected chi connectivity index (χ1v) is 8.26. The summed E-state index contributed by atoms with van der Waals surface area (Å²) in [5.41, 5.74) is 0.352. The second-order valence-electron chi connectivity index (χ2n) is 4.59. The minimum atomic E-state index is -0.935. The van der Waals surface area contributed by atoms with E-state index in [0.717, 1.165) is 0 Å². The molecule has 21 heavy (non-hydrogen) atoms. The van der Waals surface area contributed by atoms with Gasteiger partial charge in [-0.2, -0.15) is 0 Å². The minimum absolute atomic E-state index is 0.176. The summed E-state index contributed by atoms with van der Waals surface area (Å²) in [6, 6.07) is 0. The molecule has 0 spiro atoms. The Morgan fingerprint density at radius 2 is 1.05 bits per heavy atom. The van der Waals surface area contributed by atoms with Crippen LogP contribution in [0.2, 0.25) is 0 Å². The maximum atomic E-state index is 9.60. The number of aliphatic carboxylic acids is 2. The molecule has 0 bridgehead atoms. The Balaban J connectivity index is -0.000000240. The predicted molar refractivity (Wildman–Crippen MR) is 77.3 cm³/mol. The number of carboxylic acid groups (broad SMARTS) is 2. The van der Waals surface area contributed by atoms with Gasteiger partial charge in [0.2, 0.25) is 0 Å². The van der Waals surface area contributed by atoms with Gasteiger partial charge in [0.05, 0.1) is 0 Å². The molecular weight excluding hydrogens is 355 g/mol. The topological polar surface area (TPSA) is 93.1 Å². The summed E-state index contributed by atoms with van der Waals surface area (Å²) in [4.78, 5) is 19.2. The SMILES string of the molecule is C=C(C)C(=O)O.C=C(C)C(=O)O.CC(C)[O][Zr][O]C(C)C. The van der Waals surface area contributed by atoms with Gasteiger partial charge in [0, 0.05) is 11.1 Å². The van der Waals surface area contributed by atoms with E-state index in [2.05, 4.69) is 13.2 Å². The summed E-state index contributed by atoms with van der Waals surface area (Å²) in [5, 5.41) is 15.8. The molecule has 0 atom stereocenters. The van der Waals surface area contributed by atoms with E-state index in [9.17, 15) is 9.59 Å². The number of carbonyl (C=O) groups is 2. The van der Waals surface area contributed by atoms with Gasteiger partial charge in [-0.1, -0.05) is 13.2 Å². The first kappa shape index (κ1) is 25.2. The van der Waals surface area contributed by atoms with Crippen molar-refractivity contribution in [3.8, 4) is 0 Å². The molecule has 2 N–H and O–H groups in total. The molecular formula is C14H26O6Zr. The zero-order valence-corrected chi connectivity index (χ0v) is 16.1. The number of hydrogen-bond donors (Lipinski definition) is 2. The van der Waals surface area contributed by atoms with Crippen LogP contribution in [0.4, 0.5) is 0 Å². The van der Waals surface area contributed by atoms with E-state index in [1.54, 1.807) is 0 Å². The molecule has 0 fully saturated rings. The third kappa shape index (κ3) is 32.6. The molecule has 0 aromatic rings. The van der Waals surface area contributed by atoms with Crippen LogP contribution in [0.15, 0.2) is 24.3 Å². The van der Waals surface area contributed by atoms with Crippen LogP contribution in [0.1, 0.15) is 41.5 Å². The van der Waals surface area contributed by atoms with Crippen LogP contribution in [0.5, 0.6) is 0 Å². The van der Waals surface area contributed by atoms with E-state index in [1.165, 1.54) is 13.8 Å². The molecule has 0 aromatic heterocycles. The van der Waals surface area contributed by atoms with Gasteiger partial charge < -0.3 is 10.2 Å². The summed E-state index contributed by atoms with van der Waals surface area (Å²) in [5.74, 6) is -1.87. The summed E-state index contributed by atoms with van der Waals surface area (Å²) in [6.45, 7) is 17.3. The first-order chi connectivity index (χ1) is 9.41. The Morgan fingerprint density at radius 3 is 1.14 bits per heavy atom. The van der Waals surface area contributed by atoms with Crippen LogP contribution < -0.4 is 0 Å². The third-order valence-electron chi connectivity index (χ3n) is 1.30. The van der Waals surface area contributed by atoms with Gasteiger partial charge in [0.1, 0.15) is 0 Å². The molecule has 0 rings (SSSR count). The Hall–Kier alpha value is -0.777. The molecule has 0 aromatic carbocycles. The fourth-order valence-electron chi connectivity index (χ4n) is 0.220. The van der Waals surface area contributed by atoms with Gasteiger partial charge in [-0.25, -0.2) is 9.59 Å². The van der Waals surface area contributed by atoms with E-state index >= 15 is 0 Å². The molecule has 122 valence electrons. The van der Waals surface area contributed by atoms with Crippen molar-refractivity contribution in [2.75, 3.05) is 0 Å². The molecule has 0 heterocycles. The normalized spacial score (nSPS) is 8.95. The third-order valence-corrected chi connectivity index (χ3v) is 4.09. The van der Waals surface area contributed by atoms with Gasteiger partial charge in [-0.15, -0.1) is 0 Å². The Kier molecular flexibility index (Phi) is 18.7. The standard InChI is InChI=1S/2C4H6O2.2C3H7O.Zr/c2*1-3(2)4(5)6;2*1-3(2)4;/h2*1H2,2H3,(H,5,6);2*3H,1-2H3;/q;;2*-1;+2. The monoisotopic (exact) mass is 380 g/mol. The van der Waals surface area contributed by atoms with Crippen molar-refractivity contribution in [3.63, 3.8) is 0 Å². The van der Waals surface area contributed by atoms with E-state index in [-0.39, 0.29) is 11.1 Å². The van der Waals surface area contributed by atoms with E-state index in [0.29, 0.717) is 12.2 Å². The summed E-state index contributed by atoms with van der Waals surface area (Å²) < 4.78 is 10.6. The van der Waals surface area contributed by atoms with Crippen molar-refractivity contribution in [2.45, 2.75) is 53.8 Å². The zero-order chi connectivity index (χ0) is 17.6. The van der Waals surface area contributed by atoms with Crippen molar-refractivity contribution in [2.24, 2.45) is 0 Å². The quantitative estimate of drug-likeness (QED) is 0.687. The van der Waals surface area contributed by atoms with Crippen molar-refractivity contribution < 1.29 is 49.5 Å². The molecule has 0 amide bonds. The van der Waals surface area contributed by atoms with Crippen LogP contribution in [-0.2, 0) is 39.3 Å². The molecule has 0 saturated carbocycles. The molecule has 0 radical (unpaired) electrons. The van der Waals surface area contributed by atoms with Crippen molar-refractivity contribution in [1.82, 2.24) is 0 Å². The molecule has 0 unspecified atom stereocenters. The van der Waals surface area contributed by atoms with E-state index < -0.39 is 36.1 Å². The molecule has 0 aliphatic heterocycles. The van der Waals surface area contributed by atoms with Crippen LogP contribution >= 0.6 is 0 Å². The van der Waals surface area contributed by atoms with E-state index in [1.807, 2.05) is 27.7 Å². The van der Waals surface area contributed by atoms with Gasteiger partial charge in [0.15, 0.2) is 0 Å². The van der Waals surface area contributed by atoms with Crippen molar-refractivity contribution in [3.05, 3.63) is 24.3 Å². The van der Waals surface area contributed by atoms with Crippen molar-refractivity contribution in [1.29, 1.82) is 0 Å². The Morgan fingerprint density at radius 1 is 0.857 bits per heavy atom. The molecule has 0 aliphatic carbocycles. The molecule has 0 saturated heterocycles. The molecule has 7 heteroatoms. The first-order valence-electron chi connectivity index (χ1n) is 6.25. The van der Waals surface area contributed by atoms with E-state index in [4.69, 9.17) is 15.8 Å².